The van der Waals surface area contributed by atoms with Crippen LogP contribution in [0.5, 0.6) is 0 Å². The zero-order valence-electron chi connectivity index (χ0n) is 14.3. The molecular weight excluding hydrogens is 366 g/mol. The van der Waals surface area contributed by atoms with Gasteiger partial charge in [-0.1, -0.05) is 29.8 Å². The quantitative estimate of drug-likeness (QED) is 0.435. The maximum Gasteiger partial charge on any atom is 0.323 e. The fourth-order valence-electron chi connectivity index (χ4n) is 2.91. The first kappa shape index (κ1) is 17.1. The first-order valence-electron chi connectivity index (χ1n) is 8.34. The summed E-state index contributed by atoms with van der Waals surface area (Å²) in [6.07, 6.45) is 0. The average molecular weight is 382 g/mol. The van der Waals surface area contributed by atoms with Crippen LogP contribution in [0, 0.1) is 0 Å². The summed E-state index contributed by atoms with van der Waals surface area (Å²) < 4.78 is 0. The molecule has 136 valence electrons. The number of carbonyl (C=O) groups excluding carboxylic acids is 1. The number of nitrogens with zero attached hydrogens (tertiary/aromatic N) is 1. The number of rotatable bonds is 4. The lowest BCUT2D eigenvalue weighted by Crippen LogP contribution is -2.26. The summed E-state index contributed by atoms with van der Waals surface area (Å²) in [6, 6.07) is 14.2. The van der Waals surface area contributed by atoms with E-state index in [2.05, 4.69) is 25.5 Å². The van der Waals surface area contributed by atoms with Gasteiger partial charge in [0.25, 0.3) is 5.91 Å². The Morgan fingerprint density at radius 1 is 1.11 bits per heavy atom. The van der Waals surface area contributed by atoms with Crippen molar-refractivity contribution in [3.8, 4) is 11.3 Å². The molecule has 8 heteroatoms. The Hall–Kier alpha value is -3.32. The average Bonchev–Trinajstić information content (AvgIpc) is 3.26. The number of hydrogen-bond acceptors (Lipinski definition) is 3. The zero-order valence-corrected chi connectivity index (χ0v) is 15.1. The van der Waals surface area contributed by atoms with Crippen molar-refractivity contribution < 1.29 is 4.79 Å². The molecule has 2 heterocycles. The van der Waals surface area contributed by atoms with Crippen LogP contribution < -0.4 is 11.0 Å². The van der Waals surface area contributed by atoms with E-state index in [1.165, 1.54) is 0 Å². The summed E-state index contributed by atoms with van der Waals surface area (Å²) in [7, 11) is 0. The van der Waals surface area contributed by atoms with E-state index < -0.39 is 0 Å². The van der Waals surface area contributed by atoms with E-state index >= 15 is 0 Å². The van der Waals surface area contributed by atoms with Crippen LogP contribution in [0.25, 0.3) is 22.3 Å². The van der Waals surface area contributed by atoms with Crippen molar-refractivity contribution in [2.24, 2.45) is 0 Å². The molecule has 27 heavy (non-hydrogen) atoms. The monoisotopic (exact) mass is 381 g/mol. The van der Waals surface area contributed by atoms with Crippen LogP contribution in [-0.2, 0) is 0 Å². The second-order valence-electron chi connectivity index (χ2n) is 6.26. The summed E-state index contributed by atoms with van der Waals surface area (Å²) in [5.41, 5.74) is 3.86. The molecule has 0 saturated heterocycles. The van der Waals surface area contributed by atoms with Gasteiger partial charge in [0, 0.05) is 10.6 Å². The van der Waals surface area contributed by atoms with Crippen molar-refractivity contribution in [3.05, 3.63) is 75.3 Å². The van der Waals surface area contributed by atoms with Crippen molar-refractivity contribution in [1.29, 1.82) is 0 Å². The van der Waals surface area contributed by atoms with E-state index in [0.717, 1.165) is 16.6 Å². The van der Waals surface area contributed by atoms with Crippen LogP contribution in [-0.4, -0.2) is 26.1 Å². The van der Waals surface area contributed by atoms with Crippen LogP contribution >= 0.6 is 11.6 Å². The van der Waals surface area contributed by atoms with Gasteiger partial charge in [0.05, 0.1) is 22.8 Å². The van der Waals surface area contributed by atoms with Gasteiger partial charge in [-0.15, -0.1) is 0 Å². The third kappa shape index (κ3) is 3.50. The minimum Gasteiger partial charge on any atom is -0.344 e. The highest BCUT2D eigenvalue weighted by atomic mass is 35.5. The second-order valence-corrected chi connectivity index (χ2v) is 6.69. The van der Waals surface area contributed by atoms with E-state index in [1.54, 1.807) is 24.3 Å². The molecule has 2 aromatic heterocycles. The number of amides is 1. The maximum atomic E-state index is 12.5. The van der Waals surface area contributed by atoms with Gasteiger partial charge in [0.15, 0.2) is 0 Å². The van der Waals surface area contributed by atoms with Crippen LogP contribution in [0.15, 0.2) is 53.3 Å². The van der Waals surface area contributed by atoms with Gasteiger partial charge in [-0.2, -0.15) is 5.10 Å². The standard InChI is InChI=1S/C19H16ClN5O2/c1-10(11-5-6-14-16(8-11)23-19(27)22-14)21-18(26)17-9-15(24-25-17)12-3-2-4-13(20)7-12/h2-10H,1H3,(H,21,26)(H,24,25)(H2,22,23,27). The minimum atomic E-state index is -0.272. The van der Waals surface area contributed by atoms with Gasteiger partial charge < -0.3 is 15.3 Å². The second kappa shape index (κ2) is 6.77. The summed E-state index contributed by atoms with van der Waals surface area (Å²) in [4.78, 5) is 29.3. The number of nitrogens with one attached hydrogen (secondary N) is 4. The highest BCUT2D eigenvalue weighted by Crippen LogP contribution is 2.22. The van der Waals surface area contributed by atoms with Crippen LogP contribution in [0.1, 0.15) is 29.0 Å². The summed E-state index contributed by atoms with van der Waals surface area (Å²) in [5.74, 6) is -0.272. The summed E-state index contributed by atoms with van der Waals surface area (Å²) in [6.45, 7) is 1.87. The van der Waals surface area contributed by atoms with Crippen molar-refractivity contribution in [2.75, 3.05) is 0 Å². The lowest BCUT2D eigenvalue weighted by molar-refractivity contribution is 0.0935. The highest BCUT2D eigenvalue weighted by molar-refractivity contribution is 6.30. The lowest BCUT2D eigenvalue weighted by Gasteiger charge is -2.13. The Balaban J connectivity index is 1.52. The minimum absolute atomic E-state index is 0.252. The molecule has 0 aliphatic heterocycles. The molecule has 0 aliphatic carbocycles. The van der Waals surface area contributed by atoms with E-state index in [4.69, 9.17) is 11.6 Å². The van der Waals surface area contributed by atoms with Crippen LogP contribution in [0.2, 0.25) is 5.02 Å². The molecule has 7 nitrogen and oxygen atoms in total. The maximum absolute atomic E-state index is 12.5. The molecule has 0 radical (unpaired) electrons. The van der Waals surface area contributed by atoms with Gasteiger partial charge >= 0.3 is 5.69 Å². The Morgan fingerprint density at radius 3 is 2.74 bits per heavy atom. The molecule has 0 bridgehead atoms. The predicted octanol–water partition coefficient (Wildman–Crippen LogP) is 3.39. The molecule has 1 amide bonds. The summed E-state index contributed by atoms with van der Waals surface area (Å²) >= 11 is 6.00. The largest absolute Gasteiger partial charge is 0.344 e. The number of aromatic amines is 3. The molecule has 4 aromatic rings. The molecule has 0 aliphatic rings. The Bertz CT molecular complexity index is 1190. The van der Waals surface area contributed by atoms with Gasteiger partial charge in [0.2, 0.25) is 0 Å². The van der Waals surface area contributed by atoms with Gasteiger partial charge in [0.1, 0.15) is 5.69 Å². The smallest absolute Gasteiger partial charge is 0.323 e. The first-order chi connectivity index (χ1) is 13.0. The Labute approximate surface area is 158 Å². The molecule has 2 aromatic carbocycles. The SMILES string of the molecule is CC(NC(=O)c1cc(-c2cccc(Cl)c2)n[nH]1)c1ccc2[nH]c(=O)[nH]c2c1. The highest BCUT2D eigenvalue weighted by Gasteiger charge is 2.15. The van der Waals surface area contributed by atoms with E-state index in [1.807, 2.05) is 31.2 Å². The molecule has 0 saturated carbocycles. The molecule has 4 rings (SSSR count). The number of hydrogen-bond donors (Lipinski definition) is 4. The molecular formula is C19H16ClN5O2. The number of halogens is 1. The number of benzene rings is 2. The van der Waals surface area contributed by atoms with Gasteiger partial charge in [-0.05, 0) is 42.8 Å². The molecule has 1 atom stereocenters. The van der Waals surface area contributed by atoms with Crippen LogP contribution in [0.3, 0.4) is 0 Å². The number of aromatic nitrogens is 4. The molecule has 0 spiro atoms. The first-order valence-corrected chi connectivity index (χ1v) is 8.71. The van der Waals surface area contributed by atoms with Crippen molar-refractivity contribution in [1.82, 2.24) is 25.5 Å². The number of fused-ring (bicyclic) bond motifs is 1. The van der Waals surface area contributed by atoms with E-state index in [0.29, 0.717) is 21.9 Å². The Morgan fingerprint density at radius 2 is 1.93 bits per heavy atom. The normalized spacial score (nSPS) is 12.2. The van der Waals surface area contributed by atoms with Crippen molar-refractivity contribution >= 4 is 28.5 Å². The van der Waals surface area contributed by atoms with Crippen LogP contribution in [0.4, 0.5) is 0 Å². The molecule has 0 fully saturated rings. The fourth-order valence-corrected chi connectivity index (χ4v) is 3.10. The molecule has 1 unspecified atom stereocenters. The van der Waals surface area contributed by atoms with Crippen molar-refractivity contribution in [2.45, 2.75) is 13.0 Å². The molecule has 4 N–H and O–H groups in total. The predicted molar refractivity (Wildman–Crippen MR) is 104 cm³/mol. The lowest BCUT2D eigenvalue weighted by atomic mass is 10.1. The van der Waals surface area contributed by atoms with E-state index in [-0.39, 0.29) is 17.6 Å². The van der Waals surface area contributed by atoms with Crippen molar-refractivity contribution in [3.63, 3.8) is 0 Å². The fraction of sp³-hybridized carbons (Fsp3) is 0.105. The number of imidazole rings is 1. The van der Waals surface area contributed by atoms with Gasteiger partial charge in [-0.25, -0.2) is 4.79 Å². The number of carbonyl (C=O) groups is 1. The summed E-state index contributed by atoms with van der Waals surface area (Å²) in [5, 5.41) is 10.5. The van der Waals surface area contributed by atoms with Gasteiger partial charge in [-0.3, -0.25) is 9.89 Å². The number of H-pyrrole nitrogens is 3. The Kier molecular flexibility index (Phi) is 4.29. The van der Waals surface area contributed by atoms with E-state index in [9.17, 15) is 9.59 Å². The third-order valence-corrected chi connectivity index (χ3v) is 4.57. The zero-order chi connectivity index (χ0) is 19.0. The topological polar surface area (TPSA) is 106 Å². The third-order valence-electron chi connectivity index (χ3n) is 4.33.